The fourth-order valence-electron chi connectivity index (χ4n) is 0.848. The van der Waals surface area contributed by atoms with E-state index in [2.05, 4.69) is 10.1 Å². The molecule has 0 saturated heterocycles. The summed E-state index contributed by atoms with van der Waals surface area (Å²) in [6.45, 7) is 4.25. The van der Waals surface area contributed by atoms with Crippen LogP contribution in [0.15, 0.2) is 0 Å². The van der Waals surface area contributed by atoms with E-state index >= 15 is 0 Å². The van der Waals surface area contributed by atoms with Crippen molar-refractivity contribution in [1.82, 2.24) is 5.32 Å². The van der Waals surface area contributed by atoms with E-state index < -0.39 is 30.2 Å². The van der Waals surface area contributed by atoms with Gasteiger partial charge >= 0.3 is 5.97 Å². The van der Waals surface area contributed by atoms with E-state index in [-0.39, 0.29) is 0 Å². The number of carbonyl (C=O) groups excluding carboxylic acids is 2. The minimum absolute atomic E-state index is 0.424. The minimum Gasteiger partial charge on any atom is -0.467 e. The molecule has 76 valence electrons. The van der Waals surface area contributed by atoms with Crippen LogP contribution in [0.1, 0.15) is 29.9 Å². The van der Waals surface area contributed by atoms with Gasteiger partial charge in [0.05, 0.1) is 7.11 Å². The molecule has 0 fully saturated rings. The number of hydrogen-bond donors (Lipinski definition) is 1. The first-order valence-electron chi connectivity index (χ1n) is 5.05. The zero-order valence-electron chi connectivity index (χ0n) is 10.4. The van der Waals surface area contributed by atoms with Crippen LogP contribution < -0.4 is 5.32 Å². The van der Waals surface area contributed by atoms with Crippen LogP contribution in [0.4, 0.5) is 0 Å². The molecule has 0 saturated carbocycles. The van der Waals surface area contributed by atoms with Gasteiger partial charge in [0.2, 0.25) is 5.91 Å². The molecule has 4 heteroatoms. The highest BCUT2D eigenvalue weighted by atomic mass is 16.5. The van der Waals surface area contributed by atoms with Crippen LogP contribution in [0.5, 0.6) is 0 Å². The van der Waals surface area contributed by atoms with Gasteiger partial charge in [-0.25, -0.2) is 4.79 Å². The van der Waals surface area contributed by atoms with E-state index in [0.29, 0.717) is 0 Å². The van der Waals surface area contributed by atoms with Gasteiger partial charge in [0.25, 0.3) is 0 Å². The molecule has 13 heavy (non-hydrogen) atoms. The molecule has 0 spiro atoms. The van der Waals surface area contributed by atoms with Crippen LogP contribution in [0.25, 0.3) is 0 Å². The Morgan fingerprint density at radius 3 is 2.46 bits per heavy atom. The lowest BCUT2D eigenvalue weighted by Crippen LogP contribution is -2.41. The van der Waals surface area contributed by atoms with Crippen molar-refractivity contribution in [2.24, 2.45) is 5.89 Å². The maximum Gasteiger partial charge on any atom is 0.328 e. The van der Waals surface area contributed by atoms with Crippen molar-refractivity contribution in [3.05, 3.63) is 0 Å². The van der Waals surface area contributed by atoms with E-state index in [0.717, 1.165) is 0 Å². The predicted molar refractivity (Wildman–Crippen MR) is 49.1 cm³/mol. The molecule has 0 aliphatic heterocycles. The van der Waals surface area contributed by atoms with Crippen molar-refractivity contribution in [3.63, 3.8) is 0 Å². The Labute approximate surface area is 81.5 Å². The lowest BCUT2D eigenvalue weighted by molar-refractivity contribution is -0.145. The third kappa shape index (κ3) is 5.22. The summed E-state index contributed by atoms with van der Waals surface area (Å²) >= 11 is 0. The number of carbonyl (C=O) groups is 2. The molecule has 0 bridgehead atoms. The Kier molecular flexibility index (Phi) is 3.65. The van der Waals surface area contributed by atoms with E-state index in [1.807, 2.05) is 0 Å². The number of esters is 1. The summed E-state index contributed by atoms with van der Waals surface area (Å²) in [4.78, 5) is 22.1. The first kappa shape index (κ1) is 8.53. The van der Waals surface area contributed by atoms with Gasteiger partial charge < -0.3 is 10.1 Å². The molecule has 1 amide bonds. The first-order chi connectivity index (χ1) is 6.70. The van der Waals surface area contributed by atoms with Crippen LogP contribution in [0.2, 0.25) is 0 Å². The van der Waals surface area contributed by atoms with Crippen LogP contribution >= 0.6 is 0 Å². The lowest BCUT2D eigenvalue weighted by Gasteiger charge is -2.16. The summed E-state index contributed by atoms with van der Waals surface area (Å²) < 4.78 is 19.8. The van der Waals surface area contributed by atoms with Gasteiger partial charge in [0, 0.05) is 9.67 Å². The average molecular weight is 190 g/mol. The Morgan fingerprint density at radius 2 is 2.15 bits per heavy atom. The van der Waals surface area contributed by atoms with Crippen molar-refractivity contribution in [2.45, 2.75) is 33.2 Å². The van der Waals surface area contributed by atoms with Gasteiger partial charge in [-0.2, -0.15) is 0 Å². The summed E-state index contributed by atoms with van der Waals surface area (Å²) in [7, 11) is 1.18. The maximum atomic E-state index is 11.3. The third-order valence-corrected chi connectivity index (χ3v) is 1.31. The monoisotopic (exact) mass is 190 g/mol. The van der Waals surface area contributed by atoms with E-state index in [1.165, 1.54) is 27.9 Å². The Bertz CT molecular complexity index is 250. The summed E-state index contributed by atoms with van der Waals surface area (Å²) in [6, 6.07) is -1.10. The largest absolute Gasteiger partial charge is 0.467 e. The molecular weight excluding hydrogens is 171 g/mol. The molecule has 0 aromatic rings. The second-order valence-electron chi connectivity index (χ2n) is 2.95. The molecule has 0 aliphatic carbocycles. The average Bonchev–Trinajstić information content (AvgIpc) is 2.10. The van der Waals surface area contributed by atoms with Crippen molar-refractivity contribution in [2.75, 3.05) is 7.11 Å². The number of rotatable bonds is 4. The number of amides is 1. The lowest BCUT2D eigenvalue weighted by atomic mass is 10.2. The second-order valence-corrected chi connectivity index (χ2v) is 2.95. The number of hydrogen-bond acceptors (Lipinski definition) is 3. The topological polar surface area (TPSA) is 55.4 Å². The minimum atomic E-state index is -1.15. The van der Waals surface area contributed by atoms with Crippen LogP contribution in [0, 0.1) is 5.89 Å². The molecular formula is C9H17NO3. The van der Waals surface area contributed by atoms with Gasteiger partial charge in [-0.15, -0.1) is 0 Å². The molecule has 1 N–H and O–H groups in total. The highest BCUT2D eigenvalue weighted by Gasteiger charge is 2.20. The number of nitrogens with one attached hydrogen (secondary N) is 1. The highest BCUT2D eigenvalue weighted by molar-refractivity contribution is 5.83. The van der Waals surface area contributed by atoms with Crippen molar-refractivity contribution in [3.8, 4) is 0 Å². The first-order valence-corrected chi connectivity index (χ1v) is 3.97. The zero-order valence-corrected chi connectivity index (χ0v) is 8.38. The molecule has 0 heterocycles. The van der Waals surface area contributed by atoms with E-state index in [4.69, 9.17) is 2.74 Å². The second kappa shape index (κ2) is 5.56. The summed E-state index contributed by atoms with van der Waals surface area (Å²) in [5.41, 5.74) is 0. The molecule has 0 aromatic carbocycles. The Hall–Kier alpha value is -1.06. The van der Waals surface area contributed by atoms with E-state index in [1.54, 1.807) is 0 Å². The summed E-state index contributed by atoms with van der Waals surface area (Å²) in [6.07, 6.45) is -1.08. The molecule has 3 atom stereocenters. The van der Waals surface area contributed by atoms with Gasteiger partial charge in [-0.1, -0.05) is 13.8 Å². The molecule has 0 aliphatic rings. The van der Waals surface area contributed by atoms with Crippen LogP contribution in [-0.2, 0) is 14.3 Å². The number of ether oxygens (including phenoxy) is 1. The maximum absolute atomic E-state index is 11.3. The smallest absolute Gasteiger partial charge is 0.328 e. The Balaban J connectivity index is 4.78. The molecule has 0 rings (SSSR count). The summed E-state index contributed by atoms with van der Waals surface area (Å²) in [5, 5.41) is 2.32. The highest BCUT2D eigenvalue weighted by Crippen LogP contribution is 2.05. The molecule has 0 aromatic heterocycles. The van der Waals surface area contributed by atoms with Gasteiger partial charge in [0.15, 0.2) is 0 Å². The van der Waals surface area contributed by atoms with Crippen LogP contribution in [0.3, 0.4) is 0 Å². The quantitative estimate of drug-likeness (QED) is 0.524. The van der Waals surface area contributed by atoms with Gasteiger partial charge in [0.1, 0.15) is 6.04 Å². The van der Waals surface area contributed by atoms with Crippen molar-refractivity contribution >= 4 is 11.9 Å². The molecule has 0 radical (unpaired) electrons. The Morgan fingerprint density at radius 1 is 1.62 bits per heavy atom. The normalized spacial score (nSPS) is 21.5. The van der Waals surface area contributed by atoms with Gasteiger partial charge in [-0.05, 0) is 12.3 Å². The zero-order chi connectivity index (χ0) is 12.2. The van der Waals surface area contributed by atoms with Crippen LogP contribution in [-0.4, -0.2) is 25.0 Å². The third-order valence-electron chi connectivity index (χ3n) is 1.31. The van der Waals surface area contributed by atoms with E-state index in [9.17, 15) is 9.59 Å². The van der Waals surface area contributed by atoms with Crippen molar-refractivity contribution < 1.29 is 17.1 Å². The fourth-order valence-corrected chi connectivity index (χ4v) is 0.848. The molecule has 1 unspecified atom stereocenters. The molecule has 4 nitrogen and oxygen atoms in total. The predicted octanol–water partition coefficient (Wildman–Crippen LogP) is 0.710. The standard InChI is InChI=1S/C9H17NO3/c1-6(2)5-8(9(12)13-4)10-7(3)11/h6,8H,5H2,1-4H3,(H,10,11)/t8-/m0/s1/i1+1,5+1D,6D,10-1/t5-,6?,8-. The van der Waals surface area contributed by atoms with Crippen molar-refractivity contribution in [1.29, 1.82) is 0 Å². The fraction of sp³-hybridized carbons (Fsp3) is 0.778. The SMILES string of the molecule is [2H][13C@H]([C@H]([13NH]C(C)=O)C(=O)OC)C([2H])(C)[13CH3]. The number of methoxy groups -OCH3 is 1. The summed E-state index contributed by atoms with van der Waals surface area (Å²) in [5.74, 6) is -2.28. The van der Waals surface area contributed by atoms with Gasteiger partial charge in [-0.3, -0.25) is 4.79 Å².